The van der Waals surface area contributed by atoms with Crippen LogP contribution in [-0.4, -0.2) is 28.9 Å². The second-order valence-electron chi connectivity index (χ2n) is 6.67. The van der Waals surface area contributed by atoms with Crippen LogP contribution in [0.1, 0.15) is 57.4 Å². The molecule has 0 saturated heterocycles. The lowest BCUT2D eigenvalue weighted by Crippen LogP contribution is -2.43. The Morgan fingerprint density at radius 3 is 2.24 bits per heavy atom. The van der Waals surface area contributed by atoms with E-state index in [1.165, 1.54) is 31.2 Å². The first kappa shape index (κ1) is 16.3. The van der Waals surface area contributed by atoms with Crippen molar-refractivity contribution in [3.8, 4) is 5.75 Å². The van der Waals surface area contributed by atoms with Crippen molar-refractivity contribution in [2.45, 2.75) is 64.0 Å². The Kier molecular flexibility index (Phi) is 6.07. The van der Waals surface area contributed by atoms with Gasteiger partial charge in [0.1, 0.15) is 5.75 Å². The number of nitrogens with one attached hydrogen (secondary N) is 1. The van der Waals surface area contributed by atoms with Crippen LogP contribution in [0.2, 0.25) is 0 Å². The summed E-state index contributed by atoms with van der Waals surface area (Å²) in [5.41, 5.74) is 1.35. The van der Waals surface area contributed by atoms with Crippen molar-refractivity contribution in [1.82, 2.24) is 5.32 Å². The lowest BCUT2D eigenvalue weighted by atomic mass is 9.81. The van der Waals surface area contributed by atoms with Crippen LogP contribution in [0.4, 0.5) is 0 Å². The maximum atomic E-state index is 9.37. The zero-order valence-electron chi connectivity index (χ0n) is 13.3. The highest BCUT2D eigenvalue weighted by atomic mass is 16.3. The number of benzene rings is 1. The van der Waals surface area contributed by atoms with Crippen molar-refractivity contribution in [2.75, 3.05) is 6.61 Å². The fourth-order valence-corrected chi connectivity index (χ4v) is 3.39. The van der Waals surface area contributed by atoms with Gasteiger partial charge in [0.05, 0.1) is 0 Å². The zero-order valence-corrected chi connectivity index (χ0v) is 13.3. The van der Waals surface area contributed by atoms with Crippen LogP contribution in [0.15, 0.2) is 24.3 Å². The van der Waals surface area contributed by atoms with Crippen LogP contribution in [0, 0.1) is 5.92 Å². The van der Waals surface area contributed by atoms with E-state index in [0.29, 0.717) is 29.7 Å². The van der Waals surface area contributed by atoms with E-state index in [2.05, 4.69) is 31.3 Å². The summed E-state index contributed by atoms with van der Waals surface area (Å²) in [7, 11) is 0. The van der Waals surface area contributed by atoms with Crippen molar-refractivity contribution in [1.29, 1.82) is 0 Å². The maximum absolute atomic E-state index is 9.37. The first-order valence-electron chi connectivity index (χ1n) is 8.26. The summed E-state index contributed by atoms with van der Waals surface area (Å²) < 4.78 is 0. The first-order valence-corrected chi connectivity index (χ1v) is 8.26. The third kappa shape index (κ3) is 4.72. The molecule has 3 heteroatoms. The number of phenols is 1. The molecule has 0 amide bonds. The second kappa shape index (κ2) is 7.81. The molecule has 1 atom stereocenters. The molecule has 1 aromatic carbocycles. The number of aliphatic hydroxyl groups is 1. The van der Waals surface area contributed by atoms with Crippen LogP contribution in [-0.2, 0) is 0 Å². The standard InChI is InChI=1S/C18H29NO2/c1-13(2)18(11-12-20)19-16-7-3-14(4-8-16)15-5-9-17(21)10-6-15/h5-6,9-10,13-14,16,18-21H,3-4,7-8,11-12H2,1-2H3. The third-order valence-corrected chi connectivity index (χ3v) is 4.79. The molecule has 21 heavy (non-hydrogen) atoms. The van der Waals surface area contributed by atoms with Crippen molar-refractivity contribution in [3.63, 3.8) is 0 Å². The van der Waals surface area contributed by atoms with E-state index in [1.807, 2.05) is 0 Å². The highest BCUT2D eigenvalue weighted by Gasteiger charge is 2.24. The first-order chi connectivity index (χ1) is 10.1. The Morgan fingerprint density at radius 1 is 1.10 bits per heavy atom. The normalized spacial score (nSPS) is 24.2. The van der Waals surface area contributed by atoms with E-state index in [0.717, 1.165) is 6.42 Å². The van der Waals surface area contributed by atoms with Gasteiger partial charge in [0.25, 0.3) is 0 Å². The number of rotatable bonds is 6. The van der Waals surface area contributed by atoms with E-state index in [-0.39, 0.29) is 6.61 Å². The van der Waals surface area contributed by atoms with Crippen molar-refractivity contribution >= 4 is 0 Å². The molecule has 1 aliphatic carbocycles. The van der Waals surface area contributed by atoms with E-state index in [9.17, 15) is 5.11 Å². The van der Waals surface area contributed by atoms with Gasteiger partial charge in [-0.2, -0.15) is 0 Å². The van der Waals surface area contributed by atoms with Gasteiger partial charge in [-0.3, -0.25) is 0 Å². The summed E-state index contributed by atoms with van der Waals surface area (Å²) in [6.07, 6.45) is 5.63. The van der Waals surface area contributed by atoms with Gasteiger partial charge in [-0.25, -0.2) is 0 Å². The van der Waals surface area contributed by atoms with Gasteiger partial charge in [0, 0.05) is 18.7 Å². The minimum atomic E-state index is 0.263. The number of phenolic OH excluding ortho intramolecular Hbond substituents is 1. The largest absolute Gasteiger partial charge is 0.508 e. The van der Waals surface area contributed by atoms with Gasteiger partial charge in [-0.05, 0) is 61.6 Å². The molecule has 0 radical (unpaired) electrons. The fourth-order valence-electron chi connectivity index (χ4n) is 3.39. The van der Waals surface area contributed by atoms with Gasteiger partial charge in [-0.15, -0.1) is 0 Å². The molecule has 0 heterocycles. The summed E-state index contributed by atoms with van der Waals surface area (Å²) in [5.74, 6) is 1.53. The zero-order chi connectivity index (χ0) is 15.2. The Balaban J connectivity index is 1.83. The van der Waals surface area contributed by atoms with Crippen LogP contribution in [0.25, 0.3) is 0 Å². The Labute approximate surface area is 128 Å². The molecular formula is C18H29NO2. The molecule has 0 aliphatic heterocycles. The predicted octanol–water partition coefficient (Wildman–Crippen LogP) is 3.42. The second-order valence-corrected chi connectivity index (χ2v) is 6.67. The summed E-state index contributed by atoms with van der Waals surface area (Å²) in [6, 6.07) is 8.68. The average molecular weight is 291 g/mol. The maximum Gasteiger partial charge on any atom is 0.115 e. The van der Waals surface area contributed by atoms with Crippen molar-refractivity contribution in [3.05, 3.63) is 29.8 Å². The molecular weight excluding hydrogens is 262 g/mol. The lowest BCUT2D eigenvalue weighted by Gasteiger charge is -2.33. The molecule has 2 rings (SSSR count). The summed E-state index contributed by atoms with van der Waals surface area (Å²) in [4.78, 5) is 0. The Bertz CT molecular complexity index is 408. The molecule has 0 bridgehead atoms. The molecule has 1 fully saturated rings. The van der Waals surface area contributed by atoms with Gasteiger partial charge < -0.3 is 15.5 Å². The number of hydrogen-bond acceptors (Lipinski definition) is 3. The molecule has 1 aromatic rings. The SMILES string of the molecule is CC(C)C(CCO)NC1CCC(c2ccc(O)cc2)CC1. The van der Waals surface area contributed by atoms with Crippen LogP contribution >= 0.6 is 0 Å². The molecule has 1 unspecified atom stereocenters. The highest BCUT2D eigenvalue weighted by molar-refractivity contribution is 5.28. The van der Waals surface area contributed by atoms with Crippen molar-refractivity contribution in [2.24, 2.45) is 5.92 Å². The summed E-state index contributed by atoms with van der Waals surface area (Å²) >= 11 is 0. The van der Waals surface area contributed by atoms with Crippen LogP contribution in [0.3, 0.4) is 0 Å². The van der Waals surface area contributed by atoms with Crippen LogP contribution in [0.5, 0.6) is 5.75 Å². The predicted molar refractivity (Wildman–Crippen MR) is 86.6 cm³/mol. The van der Waals surface area contributed by atoms with E-state index in [1.54, 1.807) is 12.1 Å². The van der Waals surface area contributed by atoms with Gasteiger partial charge >= 0.3 is 0 Å². The van der Waals surface area contributed by atoms with E-state index in [4.69, 9.17) is 5.11 Å². The average Bonchev–Trinajstić information content (AvgIpc) is 2.48. The molecule has 1 aliphatic rings. The summed E-state index contributed by atoms with van der Waals surface area (Å²) in [5, 5.41) is 22.3. The molecule has 0 aromatic heterocycles. The number of aromatic hydroxyl groups is 1. The fraction of sp³-hybridized carbons (Fsp3) is 0.667. The highest BCUT2D eigenvalue weighted by Crippen LogP contribution is 2.33. The molecule has 3 nitrogen and oxygen atoms in total. The van der Waals surface area contributed by atoms with Gasteiger partial charge in [0.15, 0.2) is 0 Å². The van der Waals surface area contributed by atoms with Crippen molar-refractivity contribution < 1.29 is 10.2 Å². The summed E-state index contributed by atoms with van der Waals surface area (Å²) in [6.45, 7) is 4.70. The Morgan fingerprint density at radius 2 is 1.71 bits per heavy atom. The topological polar surface area (TPSA) is 52.5 Å². The minimum Gasteiger partial charge on any atom is -0.508 e. The molecule has 0 spiro atoms. The lowest BCUT2D eigenvalue weighted by molar-refractivity contribution is 0.219. The Hall–Kier alpha value is -1.06. The molecule has 1 saturated carbocycles. The monoisotopic (exact) mass is 291 g/mol. The van der Waals surface area contributed by atoms with E-state index < -0.39 is 0 Å². The number of aliphatic hydroxyl groups excluding tert-OH is 1. The molecule has 118 valence electrons. The van der Waals surface area contributed by atoms with Gasteiger partial charge in [-0.1, -0.05) is 26.0 Å². The van der Waals surface area contributed by atoms with Gasteiger partial charge in [0.2, 0.25) is 0 Å². The third-order valence-electron chi connectivity index (χ3n) is 4.79. The van der Waals surface area contributed by atoms with E-state index >= 15 is 0 Å². The number of hydrogen-bond donors (Lipinski definition) is 3. The molecule has 3 N–H and O–H groups in total. The van der Waals surface area contributed by atoms with Crippen LogP contribution < -0.4 is 5.32 Å². The smallest absolute Gasteiger partial charge is 0.115 e. The quantitative estimate of drug-likeness (QED) is 0.753. The minimum absolute atomic E-state index is 0.263.